The zero-order valence-corrected chi connectivity index (χ0v) is 16.6. The van der Waals surface area contributed by atoms with Gasteiger partial charge in [-0.05, 0) is 30.2 Å². The summed E-state index contributed by atoms with van der Waals surface area (Å²) in [5.41, 5.74) is 1.38. The smallest absolute Gasteiger partial charge is 0.336 e. The number of aliphatic carboxylic acids is 1. The molecular weight excluding hydrogens is 404 g/mol. The molecule has 1 atom stereocenters. The van der Waals surface area contributed by atoms with E-state index in [1.807, 2.05) is 30.3 Å². The van der Waals surface area contributed by atoms with Crippen LogP contribution in [-0.4, -0.2) is 42.1 Å². The van der Waals surface area contributed by atoms with Crippen molar-refractivity contribution < 1.29 is 28.6 Å². The van der Waals surface area contributed by atoms with Crippen molar-refractivity contribution in [1.82, 2.24) is 10.6 Å². The fourth-order valence-corrected chi connectivity index (χ4v) is 2.88. The molecule has 0 aliphatic rings. The van der Waals surface area contributed by atoms with E-state index in [1.165, 1.54) is 19.1 Å². The second-order valence-corrected chi connectivity index (χ2v) is 6.65. The lowest BCUT2D eigenvalue weighted by molar-refractivity contribution is -0.137. The lowest BCUT2D eigenvalue weighted by Crippen LogP contribution is -2.43. The summed E-state index contributed by atoms with van der Waals surface area (Å²) in [6, 6.07) is 15.7. The van der Waals surface area contributed by atoms with Gasteiger partial charge in [-0.3, -0.25) is 14.4 Å². The molecule has 2 aromatic carbocycles. The van der Waals surface area contributed by atoms with E-state index in [9.17, 15) is 19.2 Å². The minimum atomic E-state index is -1.19. The van der Waals surface area contributed by atoms with Crippen molar-refractivity contribution in [3.63, 3.8) is 0 Å². The molecule has 9 nitrogen and oxygen atoms in total. The SMILES string of the molecule is CC(Oc1ccc2c(-c3ccccc3)cc(=O)oc2c1)C(=O)NCC(=O)NCC(=O)O. The van der Waals surface area contributed by atoms with Crippen LogP contribution in [0.5, 0.6) is 5.75 Å². The number of fused-ring (bicyclic) bond motifs is 1. The summed E-state index contributed by atoms with van der Waals surface area (Å²) in [4.78, 5) is 46.1. The summed E-state index contributed by atoms with van der Waals surface area (Å²) in [5, 5.41) is 13.7. The highest BCUT2D eigenvalue weighted by Gasteiger charge is 2.17. The van der Waals surface area contributed by atoms with E-state index in [4.69, 9.17) is 14.3 Å². The monoisotopic (exact) mass is 424 g/mol. The van der Waals surface area contributed by atoms with Gasteiger partial charge in [0.15, 0.2) is 6.10 Å². The van der Waals surface area contributed by atoms with E-state index < -0.39 is 36.1 Å². The van der Waals surface area contributed by atoms with Gasteiger partial charge < -0.3 is 24.9 Å². The average molecular weight is 424 g/mol. The Labute approximate surface area is 176 Å². The van der Waals surface area contributed by atoms with Crippen LogP contribution in [-0.2, 0) is 14.4 Å². The van der Waals surface area contributed by atoms with Crippen molar-refractivity contribution >= 4 is 28.8 Å². The van der Waals surface area contributed by atoms with Gasteiger partial charge in [0.2, 0.25) is 5.91 Å². The number of carboxylic acid groups (broad SMARTS) is 1. The molecule has 3 aromatic rings. The fraction of sp³-hybridized carbons (Fsp3) is 0.182. The maximum absolute atomic E-state index is 12.1. The minimum absolute atomic E-state index is 0.304. The predicted molar refractivity (Wildman–Crippen MR) is 112 cm³/mol. The maximum Gasteiger partial charge on any atom is 0.336 e. The first-order chi connectivity index (χ1) is 14.8. The summed E-state index contributed by atoms with van der Waals surface area (Å²) in [6.07, 6.45) is -0.950. The number of ether oxygens (including phenoxy) is 1. The summed E-state index contributed by atoms with van der Waals surface area (Å²) < 4.78 is 10.9. The molecule has 1 aromatic heterocycles. The van der Waals surface area contributed by atoms with Crippen molar-refractivity contribution in [2.75, 3.05) is 13.1 Å². The van der Waals surface area contributed by atoms with Crippen LogP contribution in [0, 0.1) is 0 Å². The normalized spacial score (nSPS) is 11.5. The van der Waals surface area contributed by atoms with Crippen molar-refractivity contribution in [2.24, 2.45) is 0 Å². The number of hydrogen-bond acceptors (Lipinski definition) is 6. The summed E-state index contributed by atoms with van der Waals surface area (Å²) >= 11 is 0. The molecule has 1 heterocycles. The number of carbonyl (C=O) groups excluding carboxylic acids is 2. The van der Waals surface area contributed by atoms with Crippen molar-refractivity contribution in [2.45, 2.75) is 13.0 Å². The molecule has 0 saturated heterocycles. The minimum Gasteiger partial charge on any atom is -0.481 e. The third-order valence-electron chi connectivity index (χ3n) is 4.34. The fourth-order valence-electron chi connectivity index (χ4n) is 2.88. The highest BCUT2D eigenvalue weighted by molar-refractivity contribution is 5.94. The van der Waals surface area contributed by atoms with Crippen LogP contribution in [0.1, 0.15) is 6.92 Å². The van der Waals surface area contributed by atoms with Gasteiger partial charge in [-0.2, -0.15) is 0 Å². The maximum atomic E-state index is 12.1. The van der Waals surface area contributed by atoms with Crippen LogP contribution in [0.2, 0.25) is 0 Å². The van der Waals surface area contributed by atoms with Gasteiger partial charge in [0.1, 0.15) is 17.9 Å². The summed E-state index contributed by atoms with van der Waals surface area (Å²) in [6.45, 7) is 0.576. The molecule has 160 valence electrons. The van der Waals surface area contributed by atoms with Gasteiger partial charge in [0.25, 0.3) is 5.91 Å². The van der Waals surface area contributed by atoms with Crippen LogP contribution < -0.4 is 21.0 Å². The molecule has 0 spiro atoms. The Bertz CT molecular complexity index is 1170. The van der Waals surface area contributed by atoms with Gasteiger partial charge in [0, 0.05) is 17.5 Å². The molecule has 0 aliphatic heterocycles. The van der Waals surface area contributed by atoms with E-state index in [1.54, 1.807) is 12.1 Å². The van der Waals surface area contributed by atoms with Gasteiger partial charge in [-0.15, -0.1) is 0 Å². The summed E-state index contributed by atoms with van der Waals surface area (Å²) in [5.74, 6) is -2.08. The average Bonchev–Trinajstić information content (AvgIpc) is 2.75. The molecule has 1 unspecified atom stereocenters. The lowest BCUT2D eigenvalue weighted by Gasteiger charge is -2.15. The third-order valence-corrected chi connectivity index (χ3v) is 4.34. The number of carbonyl (C=O) groups is 3. The van der Waals surface area contributed by atoms with Crippen LogP contribution in [0.4, 0.5) is 0 Å². The van der Waals surface area contributed by atoms with E-state index >= 15 is 0 Å². The molecule has 0 saturated carbocycles. The molecule has 0 radical (unpaired) electrons. The van der Waals surface area contributed by atoms with Crippen molar-refractivity contribution in [3.05, 3.63) is 65.0 Å². The zero-order valence-electron chi connectivity index (χ0n) is 16.6. The Morgan fingerprint density at radius 1 is 1.03 bits per heavy atom. The van der Waals surface area contributed by atoms with Crippen LogP contribution in [0.3, 0.4) is 0 Å². The molecule has 0 bridgehead atoms. The predicted octanol–water partition coefficient (Wildman–Crippen LogP) is 1.54. The first kappa shape index (κ1) is 21.6. The quantitative estimate of drug-likeness (QED) is 0.467. The van der Waals surface area contributed by atoms with Gasteiger partial charge in [-0.25, -0.2) is 4.79 Å². The van der Waals surface area contributed by atoms with E-state index in [0.717, 1.165) is 11.1 Å². The zero-order chi connectivity index (χ0) is 22.4. The van der Waals surface area contributed by atoms with E-state index in [-0.39, 0.29) is 6.54 Å². The Balaban J connectivity index is 1.71. The highest BCUT2D eigenvalue weighted by Crippen LogP contribution is 2.29. The second kappa shape index (κ2) is 9.57. The van der Waals surface area contributed by atoms with E-state index in [2.05, 4.69) is 10.6 Å². The molecule has 31 heavy (non-hydrogen) atoms. The molecule has 0 fully saturated rings. The third kappa shape index (κ3) is 5.69. The molecule has 9 heteroatoms. The summed E-state index contributed by atoms with van der Waals surface area (Å²) in [7, 11) is 0. The standard InChI is InChI=1S/C22H20N2O7/c1-13(22(29)24-11-19(25)23-12-20(26)27)30-15-7-8-16-17(14-5-3-2-4-6-14)10-21(28)31-18(16)9-15/h2-10,13H,11-12H2,1H3,(H,23,25)(H,24,29)(H,26,27). The first-order valence-electron chi connectivity index (χ1n) is 9.39. The second-order valence-electron chi connectivity index (χ2n) is 6.65. The topological polar surface area (TPSA) is 135 Å². The lowest BCUT2D eigenvalue weighted by atomic mass is 10.0. The number of nitrogens with one attached hydrogen (secondary N) is 2. The van der Waals surface area contributed by atoms with E-state index in [0.29, 0.717) is 16.7 Å². The molecule has 3 rings (SSSR count). The number of amides is 2. The Kier molecular flexibility index (Phi) is 6.66. The molecule has 2 amide bonds. The van der Waals surface area contributed by atoms with Crippen LogP contribution in [0.25, 0.3) is 22.1 Å². The van der Waals surface area contributed by atoms with Gasteiger partial charge in [-0.1, -0.05) is 30.3 Å². The van der Waals surface area contributed by atoms with Gasteiger partial charge in [0.05, 0.1) is 6.54 Å². The number of carboxylic acids is 1. The van der Waals surface area contributed by atoms with Crippen molar-refractivity contribution in [1.29, 1.82) is 0 Å². The molecular formula is C22H20N2O7. The first-order valence-corrected chi connectivity index (χ1v) is 9.39. The Morgan fingerprint density at radius 3 is 2.48 bits per heavy atom. The van der Waals surface area contributed by atoms with Crippen LogP contribution >= 0.6 is 0 Å². The Hall–Kier alpha value is -4.14. The molecule has 0 aliphatic carbocycles. The number of benzene rings is 2. The molecule has 3 N–H and O–H groups in total. The largest absolute Gasteiger partial charge is 0.481 e. The Morgan fingerprint density at radius 2 is 1.77 bits per heavy atom. The van der Waals surface area contributed by atoms with Gasteiger partial charge >= 0.3 is 11.6 Å². The van der Waals surface area contributed by atoms with Crippen LogP contribution in [0.15, 0.2) is 63.8 Å². The number of rotatable bonds is 8. The number of hydrogen-bond donors (Lipinski definition) is 3. The van der Waals surface area contributed by atoms with Crippen molar-refractivity contribution in [3.8, 4) is 16.9 Å². The highest BCUT2D eigenvalue weighted by atomic mass is 16.5.